The first kappa shape index (κ1) is 22.7. The van der Waals surface area contributed by atoms with E-state index in [4.69, 9.17) is 9.88 Å². The minimum absolute atomic E-state index is 0.109. The van der Waals surface area contributed by atoms with Crippen molar-refractivity contribution in [2.75, 3.05) is 6.54 Å². The number of sulfonamides is 1. The molecule has 172 valence electrons. The van der Waals surface area contributed by atoms with Crippen molar-refractivity contribution in [3.63, 3.8) is 0 Å². The molecule has 0 fully saturated rings. The second kappa shape index (κ2) is 8.46. The van der Waals surface area contributed by atoms with Gasteiger partial charge in [0.25, 0.3) is 11.5 Å². The number of ether oxygens (including phenoxy) is 1. The van der Waals surface area contributed by atoms with Gasteiger partial charge in [0.2, 0.25) is 15.9 Å². The first-order chi connectivity index (χ1) is 15.6. The molecule has 0 radical (unpaired) electrons. The van der Waals surface area contributed by atoms with Crippen LogP contribution in [0.2, 0.25) is 0 Å². The SMILES string of the molecule is CCNC(=O)c1cc2c(-c3sc(S(N)(=O)=O)cc3Oc3ncccc3C)cn(C)c(=O)c2[nH]1. The number of hydrogen-bond donors (Lipinski definition) is 3. The van der Waals surface area contributed by atoms with E-state index in [9.17, 15) is 18.0 Å². The Kier molecular flexibility index (Phi) is 5.82. The first-order valence-corrected chi connectivity index (χ1v) is 12.2. The van der Waals surface area contributed by atoms with Crippen LogP contribution in [0, 0.1) is 6.92 Å². The summed E-state index contributed by atoms with van der Waals surface area (Å²) in [7, 11) is -2.46. The minimum atomic E-state index is -4.02. The molecule has 4 rings (SSSR count). The zero-order valence-corrected chi connectivity index (χ0v) is 19.6. The summed E-state index contributed by atoms with van der Waals surface area (Å²) in [5.74, 6) is 0.154. The van der Waals surface area contributed by atoms with Crippen molar-refractivity contribution in [1.82, 2.24) is 19.9 Å². The normalized spacial score (nSPS) is 11.6. The number of carbonyl (C=O) groups excluding carboxylic acids is 1. The van der Waals surface area contributed by atoms with Gasteiger partial charge in [-0.25, -0.2) is 18.5 Å². The van der Waals surface area contributed by atoms with Gasteiger partial charge < -0.3 is 19.6 Å². The number of fused-ring (bicyclic) bond motifs is 1. The van der Waals surface area contributed by atoms with Gasteiger partial charge in [-0.05, 0) is 26.0 Å². The molecule has 0 atom stereocenters. The van der Waals surface area contributed by atoms with Crippen LogP contribution >= 0.6 is 11.3 Å². The molecule has 0 aromatic carbocycles. The van der Waals surface area contributed by atoms with E-state index in [0.717, 1.165) is 16.9 Å². The Morgan fingerprint density at radius 1 is 1.36 bits per heavy atom. The maximum atomic E-state index is 12.7. The third-order valence-corrected chi connectivity index (χ3v) is 7.49. The summed E-state index contributed by atoms with van der Waals surface area (Å²) in [4.78, 5) is 32.6. The average Bonchev–Trinajstić information content (AvgIpc) is 3.38. The largest absolute Gasteiger partial charge is 0.437 e. The first-order valence-electron chi connectivity index (χ1n) is 9.87. The smallest absolute Gasteiger partial charge is 0.274 e. The molecule has 10 nitrogen and oxygen atoms in total. The Morgan fingerprint density at radius 2 is 2.12 bits per heavy atom. The highest BCUT2D eigenvalue weighted by Crippen LogP contribution is 2.44. The number of nitrogens with two attached hydrogens (primary N) is 1. The second-order valence-corrected chi connectivity index (χ2v) is 10.2. The van der Waals surface area contributed by atoms with Gasteiger partial charge in [-0.1, -0.05) is 6.07 Å². The number of aryl methyl sites for hydroxylation is 2. The third kappa shape index (κ3) is 4.27. The van der Waals surface area contributed by atoms with Gasteiger partial charge in [0.15, 0.2) is 0 Å². The van der Waals surface area contributed by atoms with Crippen LogP contribution < -0.4 is 20.8 Å². The standard InChI is InChI=1S/C21H21N5O5S2/c1-4-23-19(27)14-8-12-13(10-26(3)21(28)17(12)25-14)18-15(9-16(32-18)33(22,29)30)31-20-11(2)6-5-7-24-20/h5-10,25H,4H2,1-3H3,(H,23,27)(H2,22,29,30). The number of pyridine rings is 2. The van der Waals surface area contributed by atoms with Gasteiger partial charge >= 0.3 is 0 Å². The average molecular weight is 488 g/mol. The lowest BCUT2D eigenvalue weighted by atomic mass is 10.1. The van der Waals surface area contributed by atoms with Crippen LogP contribution in [0.5, 0.6) is 11.6 Å². The van der Waals surface area contributed by atoms with Crippen molar-refractivity contribution in [1.29, 1.82) is 0 Å². The maximum absolute atomic E-state index is 12.7. The monoisotopic (exact) mass is 487 g/mol. The second-order valence-electron chi connectivity index (χ2n) is 7.32. The minimum Gasteiger partial charge on any atom is -0.437 e. The third-order valence-electron chi connectivity index (χ3n) is 4.92. The van der Waals surface area contributed by atoms with E-state index in [2.05, 4.69) is 15.3 Å². The number of carbonyl (C=O) groups is 1. The number of rotatable bonds is 6. The molecule has 0 spiro atoms. The lowest BCUT2D eigenvalue weighted by molar-refractivity contribution is 0.0951. The fourth-order valence-corrected chi connectivity index (χ4v) is 5.16. The molecule has 33 heavy (non-hydrogen) atoms. The fourth-order valence-electron chi connectivity index (χ4n) is 3.33. The molecule has 4 aromatic heterocycles. The van der Waals surface area contributed by atoms with Gasteiger partial charge in [-0.3, -0.25) is 9.59 Å². The zero-order chi connectivity index (χ0) is 23.9. The number of thiophene rings is 1. The summed E-state index contributed by atoms with van der Waals surface area (Å²) < 4.78 is 31.4. The van der Waals surface area contributed by atoms with Gasteiger partial charge in [0.1, 0.15) is 21.2 Å². The van der Waals surface area contributed by atoms with Crippen LogP contribution in [-0.2, 0) is 17.1 Å². The molecule has 0 aliphatic rings. The van der Waals surface area contributed by atoms with Gasteiger partial charge in [-0.15, -0.1) is 11.3 Å². The number of H-pyrrole nitrogens is 1. The highest BCUT2D eigenvalue weighted by Gasteiger charge is 2.24. The quantitative estimate of drug-likeness (QED) is 0.380. The zero-order valence-electron chi connectivity index (χ0n) is 18.0. The number of primary sulfonamides is 1. The van der Waals surface area contributed by atoms with Crippen molar-refractivity contribution in [2.45, 2.75) is 18.1 Å². The van der Waals surface area contributed by atoms with E-state index >= 15 is 0 Å². The molecule has 4 aromatic rings. The van der Waals surface area contributed by atoms with Crippen LogP contribution in [-0.4, -0.2) is 35.4 Å². The van der Waals surface area contributed by atoms with Crippen molar-refractivity contribution < 1.29 is 17.9 Å². The predicted molar refractivity (Wildman–Crippen MR) is 125 cm³/mol. The van der Waals surface area contributed by atoms with Crippen molar-refractivity contribution in [3.05, 3.63) is 58.3 Å². The van der Waals surface area contributed by atoms with E-state index in [0.29, 0.717) is 28.3 Å². The van der Waals surface area contributed by atoms with Gasteiger partial charge in [0.05, 0.1) is 4.88 Å². The topological polar surface area (TPSA) is 149 Å². The molecule has 4 N–H and O–H groups in total. The van der Waals surface area contributed by atoms with Crippen molar-refractivity contribution in [2.24, 2.45) is 12.2 Å². The molecule has 0 saturated carbocycles. The van der Waals surface area contributed by atoms with Crippen LogP contribution in [0.4, 0.5) is 0 Å². The Morgan fingerprint density at radius 3 is 2.79 bits per heavy atom. The Labute approximate surface area is 193 Å². The molecular formula is C21H21N5O5S2. The number of aromatic nitrogens is 3. The number of nitrogens with zero attached hydrogens (tertiary/aromatic N) is 2. The van der Waals surface area contributed by atoms with Gasteiger partial charge in [-0.2, -0.15) is 0 Å². The maximum Gasteiger partial charge on any atom is 0.274 e. The molecule has 12 heteroatoms. The summed E-state index contributed by atoms with van der Waals surface area (Å²) in [6, 6.07) is 6.46. The van der Waals surface area contributed by atoms with Crippen molar-refractivity contribution >= 4 is 38.2 Å². The highest BCUT2D eigenvalue weighted by molar-refractivity contribution is 7.91. The molecule has 0 bridgehead atoms. The number of aromatic amines is 1. The molecule has 0 aliphatic carbocycles. The Bertz CT molecular complexity index is 1550. The van der Waals surface area contributed by atoms with Crippen LogP contribution in [0.3, 0.4) is 0 Å². The summed E-state index contributed by atoms with van der Waals surface area (Å²) >= 11 is 0.906. The van der Waals surface area contributed by atoms with Crippen LogP contribution in [0.25, 0.3) is 21.3 Å². The van der Waals surface area contributed by atoms with E-state index in [1.165, 1.54) is 10.6 Å². The molecule has 1 amide bonds. The van der Waals surface area contributed by atoms with E-state index in [1.54, 1.807) is 38.5 Å². The molecule has 4 heterocycles. The van der Waals surface area contributed by atoms with E-state index in [-0.39, 0.29) is 32.6 Å². The highest BCUT2D eigenvalue weighted by atomic mass is 32.2. The number of hydrogen-bond acceptors (Lipinski definition) is 7. The molecule has 0 saturated heterocycles. The summed E-state index contributed by atoms with van der Waals surface area (Å²) in [5.41, 5.74) is 1.33. The van der Waals surface area contributed by atoms with Crippen LogP contribution in [0.15, 0.2) is 45.7 Å². The number of nitrogens with one attached hydrogen (secondary N) is 2. The van der Waals surface area contributed by atoms with E-state index in [1.807, 2.05) is 13.0 Å². The summed E-state index contributed by atoms with van der Waals surface area (Å²) in [5, 5.41) is 8.52. The summed E-state index contributed by atoms with van der Waals surface area (Å²) in [6.07, 6.45) is 3.13. The lowest BCUT2D eigenvalue weighted by Crippen LogP contribution is -2.23. The lowest BCUT2D eigenvalue weighted by Gasteiger charge is -2.10. The van der Waals surface area contributed by atoms with Crippen molar-refractivity contribution in [3.8, 4) is 22.1 Å². The van der Waals surface area contributed by atoms with Gasteiger partial charge in [0, 0.05) is 48.6 Å². The van der Waals surface area contributed by atoms with Crippen LogP contribution in [0.1, 0.15) is 23.0 Å². The fraction of sp³-hybridized carbons (Fsp3) is 0.190. The molecule has 0 unspecified atom stereocenters. The number of amides is 1. The Hall–Kier alpha value is -3.48. The molecule has 0 aliphatic heterocycles. The Balaban J connectivity index is 1.98. The summed E-state index contributed by atoms with van der Waals surface area (Å²) in [6.45, 7) is 4.02. The molecular weight excluding hydrogens is 466 g/mol. The predicted octanol–water partition coefficient (Wildman–Crippen LogP) is 2.49. The van der Waals surface area contributed by atoms with E-state index < -0.39 is 10.0 Å².